The van der Waals surface area contributed by atoms with E-state index in [2.05, 4.69) is 21.8 Å². The first-order valence-electron chi connectivity index (χ1n) is 9.83. The number of benzene rings is 1. The predicted molar refractivity (Wildman–Crippen MR) is 106 cm³/mol. The molecule has 1 aromatic rings. The van der Waals surface area contributed by atoms with Crippen LogP contribution in [0.5, 0.6) is 5.75 Å². The summed E-state index contributed by atoms with van der Waals surface area (Å²) in [5.41, 5.74) is 1.23. The lowest BCUT2D eigenvalue weighted by Gasteiger charge is -2.39. The minimum absolute atomic E-state index is 0.00772. The summed E-state index contributed by atoms with van der Waals surface area (Å²) < 4.78 is 38.1. The van der Waals surface area contributed by atoms with E-state index in [0.29, 0.717) is 6.54 Å². The molecule has 0 amide bonds. The van der Waals surface area contributed by atoms with Crippen LogP contribution >= 0.6 is 0 Å². The lowest BCUT2D eigenvalue weighted by Crippen LogP contribution is -2.45. The standard InChI is InChI=1S/C20H32N2O4S/c1-16(2)27(23,24)21-14-19-8-9-20(26-19)10-12-22(13-11-20)15-17-4-6-18(25-3)7-5-17/h4-7,16,19,21H,8-15H2,1-3H3/t19-/m0/s1. The van der Waals surface area contributed by atoms with E-state index in [1.165, 1.54) is 5.56 Å². The second-order valence-corrected chi connectivity index (χ2v) is 10.3. The Hall–Kier alpha value is -1.15. The van der Waals surface area contributed by atoms with Crippen molar-refractivity contribution in [1.29, 1.82) is 0 Å². The number of rotatable bonds is 7. The Bertz CT molecular complexity index is 710. The third kappa shape index (κ3) is 5.22. The van der Waals surface area contributed by atoms with Gasteiger partial charge in [0.05, 0.1) is 24.1 Å². The summed E-state index contributed by atoms with van der Waals surface area (Å²) in [6, 6.07) is 8.24. The molecule has 2 fully saturated rings. The number of likely N-dealkylation sites (tertiary alicyclic amines) is 1. The Morgan fingerprint density at radius 3 is 2.48 bits per heavy atom. The van der Waals surface area contributed by atoms with Gasteiger partial charge >= 0.3 is 0 Å². The van der Waals surface area contributed by atoms with Crippen LogP contribution in [0.1, 0.15) is 45.1 Å². The second kappa shape index (κ2) is 8.47. The average molecular weight is 397 g/mol. The number of nitrogens with one attached hydrogen (secondary N) is 1. The molecule has 0 aliphatic carbocycles. The van der Waals surface area contributed by atoms with E-state index in [4.69, 9.17) is 9.47 Å². The fourth-order valence-corrected chi connectivity index (χ4v) is 4.64. The molecule has 2 saturated heterocycles. The highest BCUT2D eigenvalue weighted by Crippen LogP contribution is 2.39. The maximum Gasteiger partial charge on any atom is 0.214 e. The molecule has 2 aliphatic rings. The van der Waals surface area contributed by atoms with Crippen LogP contribution in [0.25, 0.3) is 0 Å². The Labute approximate surface area is 163 Å². The van der Waals surface area contributed by atoms with Crippen molar-refractivity contribution in [3.63, 3.8) is 0 Å². The molecule has 1 atom stereocenters. The topological polar surface area (TPSA) is 67.9 Å². The van der Waals surface area contributed by atoms with Gasteiger partial charge in [0.15, 0.2) is 0 Å². The van der Waals surface area contributed by atoms with Crippen LogP contribution < -0.4 is 9.46 Å². The van der Waals surface area contributed by atoms with Crippen LogP contribution in [0, 0.1) is 0 Å². The number of nitrogens with zero attached hydrogens (tertiary/aromatic N) is 1. The predicted octanol–water partition coefficient (Wildman–Crippen LogP) is 2.54. The van der Waals surface area contributed by atoms with Crippen molar-refractivity contribution in [3.8, 4) is 5.75 Å². The molecule has 0 unspecified atom stereocenters. The minimum atomic E-state index is -3.22. The lowest BCUT2D eigenvalue weighted by molar-refractivity contribution is -0.0758. The van der Waals surface area contributed by atoms with Crippen molar-refractivity contribution in [1.82, 2.24) is 9.62 Å². The van der Waals surface area contributed by atoms with Crippen molar-refractivity contribution in [3.05, 3.63) is 29.8 Å². The number of hydrogen-bond donors (Lipinski definition) is 1. The molecule has 6 nitrogen and oxygen atoms in total. The molecule has 0 radical (unpaired) electrons. The van der Waals surface area contributed by atoms with Gasteiger partial charge in [-0.1, -0.05) is 12.1 Å². The first kappa shape index (κ1) is 20.6. The number of piperidine rings is 1. The average Bonchev–Trinajstić information content (AvgIpc) is 3.06. The summed E-state index contributed by atoms with van der Waals surface area (Å²) in [5, 5.41) is -0.408. The maximum atomic E-state index is 11.9. The van der Waals surface area contributed by atoms with E-state index in [1.807, 2.05) is 12.1 Å². The highest BCUT2D eigenvalue weighted by molar-refractivity contribution is 7.90. The van der Waals surface area contributed by atoms with E-state index in [0.717, 1.165) is 51.1 Å². The molecule has 1 aromatic carbocycles. The molecule has 0 aromatic heterocycles. The van der Waals surface area contributed by atoms with Crippen molar-refractivity contribution in [2.75, 3.05) is 26.7 Å². The van der Waals surface area contributed by atoms with E-state index < -0.39 is 15.3 Å². The first-order valence-corrected chi connectivity index (χ1v) is 11.4. The molecular formula is C20H32N2O4S. The smallest absolute Gasteiger partial charge is 0.214 e. The monoisotopic (exact) mass is 396 g/mol. The molecule has 1 spiro atoms. The number of methoxy groups -OCH3 is 1. The molecule has 2 heterocycles. The quantitative estimate of drug-likeness (QED) is 0.767. The van der Waals surface area contributed by atoms with Crippen LogP contribution in [-0.2, 0) is 21.3 Å². The molecule has 7 heteroatoms. The van der Waals surface area contributed by atoms with E-state index >= 15 is 0 Å². The molecule has 1 N–H and O–H groups in total. The summed E-state index contributed by atoms with van der Waals surface area (Å²) >= 11 is 0. The van der Waals surface area contributed by atoms with Crippen LogP contribution in [0.15, 0.2) is 24.3 Å². The Morgan fingerprint density at radius 1 is 1.22 bits per heavy atom. The van der Waals surface area contributed by atoms with Crippen molar-refractivity contribution >= 4 is 10.0 Å². The minimum Gasteiger partial charge on any atom is -0.497 e. The van der Waals surface area contributed by atoms with E-state index in [9.17, 15) is 8.42 Å². The van der Waals surface area contributed by atoms with Crippen molar-refractivity contribution < 1.29 is 17.9 Å². The molecule has 0 bridgehead atoms. The SMILES string of the molecule is COc1ccc(CN2CCC3(CC[C@@H](CNS(=O)(=O)C(C)C)O3)CC2)cc1. The largest absolute Gasteiger partial charge is 0.497 e. The van der Waals surface area contributed by atoms with Gasteiger partial charge in [0.25, 0.3) is 0 Å². The summed E-state index contributed by atoms with van der Waals surface area (Å²) in [6.07, 6.45) is 3.97. The van der Waals surface area contributed by atoms with Gasteiger partial charge in [-0.3, -0.25) is 4.90 Å². The maximum absolute atomic E-state index is 11.9. The summed E-state index contributed by atoms with van der Waals surface area (Å²) in [6.45, 7) is 6.73. The van der Waals surface area contributed by atoms with Crippen molar-refractivity contribution in [2.45, 2.75) is 63.0 Å². The third-order valence-corrected chi connectivity index (χ3v) is 7.61. The van der Waals surface area contributed by atoms with Crippen LogP contribution in [0.3, 0.4) is 0 Å². The lowest BCUT2D eigenvalue weighted by atomic mass is 9.88. The Morgan fingerprint density at radius 2 is 1.89 bits per heavy atom. The van der Waals surface area contributed by atoms with Gasteiger partial charge in [-0.2, -0.15) is 0 Å². The zero-order valence-corrected chi connectivity index (χ0v) is 17.4. The van der Waals surface area contributed by atoms with Crippen LogP contribution in [-0.4, -0.2) is 57.0 Å². The summed E-state index contributed by atoms with van der Waals surface area (Å²) in [5.74, 6) is 0.884. The van der Waals surface area contributed by atoms with Gasteiger partial charge in [-0.05, 0) is 57.2 Å². The van der Waals surface area contributed by atoms with Gasteiger partial charge < -0.3 is 9.47 Å². The summed E-state index contributed by atoms with van der Waals surface area (Å²) in [7, 11) is -1.54. The highest BCUT2D eigenvalue weighted by Gasteiger charge is 2.42. The fraction of sp³-hybridized carbons (Fsp3) is 0.700. The highest BCUT2D eigenvalue weighted by atomic mass is 32.2. The molecule has 27 heavy (non-hydrogen) atoms. The summed E-state index contributed by atoms with van der Waals surface area (Å²) in [4.78, 5) is 2.46. The van der Waals surface area contributed by atoms with Crippen molar-refractivity contribution in [2.24, 2.45) is 0 Å². The van der Waals surface area contributed by atoms with Gasteiger partial charge in [-0.15, -0.1) is 0 Å². The number of ether oxygens (including phenoxy) is 2. The van der Waals surface area contributed by atoms with Gasteiger partial charge in [0, 0.05) is 26.2 Å². The second-order valence-electron chi connectivity index (χ2n) is 8.03. The molecule has 2 aliphatic heterocycles. The normalized spacial score (nSPS) is 23.2. The number of sulfonamides is 1. The van der Waals surface area contributed by atoms with E-state index in [-0.39, 0.29) is 11.7 Å². The zero-order valence-electron chi connectivity index (χ0n) is 16.6. The van der Waals surface area contributed by atoms with E-state index in [1.54, 1.807) is 21.0 Å². The third-order valence-electron chi connectivity index (χ3n) is 5.80. The van der Waals surface area contributed by atoms with Gasteiger partial charge in [-0.25, -0.2) is 13.1 Å². The van der Waals surface area contributed by atoms with Gasteiger partial charge in [0.1, 0.15) is 5.75 Å². The molecular weight excluding hydrogens is 364 g/mol. The van der Waals surface area contributed by atoms with Crippen LogP contribution in [0.2, 0.25) is 0 Å². The van der Waals surface area contributed by atoms with Crippen LogP contribution in [0.4, 0.5) is 0 Å². The first-order chi connectivity index (χ1) is 12.8. The Kier molecular flexibility index (Phi) is 6.46. The van der Waals surface area contributed by atoms with Gasteiger partial charge in [0.2, 0.25) is 10.0 Å². The zero-order chi connectivity index (χ0) is 19.5. The molecule has 0 saturated carbocycles. The molecule has 3 rings (SSSR count). The molecule has 152 valence electrons. The Balaban J connectivity index is 1.46. The number of hydrogen-bond acceptors (Lipinski definition) is 5. The fourth-order valence-electron chi connectivity index (χ4n) is 3.89.